The van der Waals surface area contributed by atoms with Gasteiger partial charge < -0.3 is 10.6 Å². The molecular weight excluding hydrogens is 384 g/mol. The molecule has 1 aromatic carbocycles. The van der Waals surface area contributed by atoms with E-state index in [-0.39, 0.29) is 18.7 Å². The van der Waals surface area contributed by atoms with Crippen LogP contribution in [0.25, 0.3) is 0 Å². The first-order chi connectivity index (χ1) is 14.5. The van der Waals surface area contributed by atoms with Gasteiger partial charge in [-0.2, -0.15) is 0 Å². The van der Waals surface area contributed by atoms with Crippen LogP contribution in [0.15, 0.2) is 18.2 Å². The van der Waals surface area contributed by atoms with Crippen molar-refractivity contribution in [3.05, 3.63) is 34.9 Å². The maximum absolute atomic E-state index is 13.2. The standard InChI is InChI=1S/C22H26N4O4/c27-18-8-7-17(20(28)25-18)26-21(29)16-6-1-3-12(19(16)22(26)30)11-23-15-9-13-4-2-5-14(10-15)24-13/h1,3,6,13-15,17,23-24H,2,4-5,7-11H2,(H,25,27,28). The minimum absolute atomic E-state index is 0.121. The fourth-order valence-electron chi connectivity index (χ4n) is 5.42. The number of imide groups is 2. The van der Waals surface area contributed by atoms with E-state index in [1.54, 1.807) is 12.1 Å². The Bertz CT molecular complexity index is 918. The van der Waals surface area contributed by atoms with Gasteiger partial charge in [0.15, 0.2) is 0 Å². The second kappa shape index (κ2) is 7.59. The molecule has 8 heteroatoms. The lowest BCUT2D eigenvalue weighted by atomic mass is 9.84. The number of hydrogen-bond acceptors (Lipinski definition) is 6. The van der Waals surface area contributed by atoms with Crippen LogP contribution >= 0.6 is 0 Å². The zero-order chi connectivity index (χ0) is 20.8. The molecule has 3 saturated heterocycles. The van der Waals surface area contributed by atoms with Crippen molar-refractivity contribution in [1.29, 1.82) is 0 Å². The van der Waals surface area contributed by atoms with E-state index in [2.05, 4.69) is 16.0 Å². The molecule has 3 atom stereocenters. The summed E-state index contributed by atoms with van der Waals surface area (Å²) in [7, 11) is 0. The summed E-state index contributed by atoms with van der Waals surface area (Å²) < 4.78 is 0. The van der Waals surface area contributed by atoms with E-state index in [4.69, 9.17) is 0 Å². The summed E-state index contributed by atoms with van der Waals surface area (Å²) in [5.74, 6) is -1.85. The first-order valence-electron chi connectivity index (χ1n) is 10.8. The maximum Gasteiger partial charge on any atom is 0.262 e. The molecule has 2 bridgehead atoms. The molecule has 1 aromatic rings. The van der Waals surface area contributed by atoms with Crippen molar-refractivity contribution in [3.63, 3.8) is 0 Å². The van der Waals surface area contributed by atoms with Gasteiger partial charge in [0.2, 0.25) is 11.8 Å². The minimum Gasteiger partial charge on any atom is -0.311 e. The highest BCUT2D eigenvalue weighted by Gasteiger charge is 2.45. The number of nitrogens with zero attached hydrogens (tertiary/aromatic N) is 1. The second-order valence-corrected chi connectivity index (χ2v) is 8.83. The Balaban J connectivity index is 1.33. The largest absolute Gasteiger partial charge is 0.311 e. The number of amides is 4. The molecule has 4 amide bonds. The van der Waals surface area contributed by atoms with E-state index in [0.29, 0.717) is 35.8 Å². The third kappa shape index (κ3) is 3.33. The van der Waals surface area contributed by atoms with Gasteiger partial charge in [0.25, 0.3) is 11.8 Å². The summed E-state index contributed by atoms with van der Waals surface area (Å²) in [6, 6.07) is 5.86. The van der Waals surface area contributed by atoms with Crippen LogP contribution in [0.3, 0.4) is 0 Å². The van der Waals surface area contributed by atoms with E-state index in [1.165, 1.54) is 19.3 Å². The van der Waals surface area contributed by atoms with Crippen molar-refractivity contribution in [2.24, 2.45) is 0 Å². The zero-order valence-electron chi connectivity index (χ0n) is 16.8. The fraction of sp³-hybridized carbons (Fsp3) is 0.545. The van der Waals surface area contributed by atoms with Crippen molar-refractivity contribution in [2.45, 2.75) is 75.7 Å². The number of carbonyl (C=O) groups excluding carboxylic acids is 4. The minimum atomic E-state index is -0.931. The molecule has 0 spiro atoms. The number of nitrogens with one attached hydrogen (secondary N) is 3. The van der Waals surface area contributed by atoms with Crippen LogP contribution in [0.4, 0.5) is 0 Å². The summed E-state index contributed by atoms with van der Waals surface area (Å²) in [6.45, 7) is 0.509. The van der Waals surface area contributed by atoms with Gasteiger partial charge in [0.05, 0.1) is 11.1 Å². The Morgan fingerprint density at radius 3 is 2.50 bits per heavy atom. The second-order valence-electron chi connectivity index (χ2n) is 8.83. The number of hydrogen-bond donors (Lipinski definition) is 3. The van der Waals surface area contributed by atoms with Gasteiger partial charge in [-0.1, -0.05) is 18.6 Å². The predicted molar refractivity (Wildman–Crippen MR) is 108 cm³/mol. The molecule has 3 fully saturated rings. The lowest BCUT2D eigenvalue weighted by Gasteiger charge is -2.40. The topological polar surface area (TPSA) is 108 Å². The van der Waals surface area contributed by atoms with Crippen LogP contribution in [0.2, 0.25) is 0 Å². The van der Waals surface area contributed by atoms with Gasteiger partial charge in [-0.25, -0.2) is 0 Å². The molecule has 4 heterocycles. The Morgan fingerprint density at radius 1 is 1.00 bits per heavy atom. The van der Waals surface area contributed by atoms with Crippen molar-refractivity contribution in [2.75, 3.05) is 0 Å². The number of carbonyl (C=O) groups is 4. The molecule has 0 saturated carbocycles. The molecule has 0 aliphatic carbocycles. The molecule has 0 radical (unpaired) electrons. The van der Waals surface area contributed by atoms with E-state index in [9.17, 15) is 19.2 Å². The maximum atomic E-state index is 13.2. The number of benzene rings is 1. The molecular formula is C22H26N4O4. The Morgan fingerprint density at radius 2 is 1.77 bits per heavy atom. The lowest BCUT2D eigenvalue weighted by molar-refractivity contribution is -0.136. The van der Waals surface area contributed by atoms with Gasteiger partial charge in [-0.3, -0.25) is 29.4 Å². The summed E-state index contributed by atoms with van der Waals surface area (Å²) in [6.07, 6.45) is 6.14. The summed E-state index contributed by atoms with van der Waals surface area (Å²) in [4.78, 5) is 50.8. The van der Waals surface area contributed by atoms with Crippen LogP contribution in [0.1, 0.15) is 71.2 Å². The number of fused-ring (bicyclic) bond motifs is 3. The predicted octanol–water partition coefficient (Wildman–Crippen LogP) is 0.851. The SMILES string of the molecule is O=C1CCC(N2C(=O)c3cccc(CNC4CC5CCCC(C4)N5)c3C2=O)C(=O)N1. The van der Waals surface area contributed by atoms with E-state index in [1.807, 2.05) is 6.07 Å². The molecule has 4 aliphatic rings. The average Bonchev–Trinajstić information content (AvgIpc) is 2.97. The highest BCUT2D eigenvalue weighted by molar-refractivity contribution is 6.24. The highest BCUT2D eigenvalue weighted by Crippen LogP contribution is 2.31. The van der Waals surface area contributed by atoms with Gasteiger partial charge in [0.1, 0.15) is 6.04 Å². The Kier molecular flexibility index (Phi) is 4.91. The van der Waals surface area contributed by atoms with Crippen molar-refractivity contribution < 1.29 is 19.2 Å². The fourth-order valence-corrected chi connectivity index (χ4v) is 5.42. The summed E-state index contributed by atoms with van der Waals surface area (Å²) in [5, 5.41) is 9.51. The van der Waals surface area contributed by atoms with Crippen molar-refractivity contribution >= 4 is 23.6 Å². The normalized spacial score (nSPS) is 31.0. The lowest BCUT2D eigenvalue weighted by Crippen LogP contribution is -2.54. The summed E-state index contributed by atoms with van der Waals surface area (Å²) >= 11 is 0. The number of piperidine rings is 3. The molecule has 0 aromatic heterocycles. The molecule has 3 unspecified atom stereocenters. The molecule has 3 N–H and O–H groups in total. The van der Waals surface area contributed by atoms with Crippen molar-refractivity contribution in [3.8, 4) is 0 Å². The van der Waals surface area contributed by atoms with Gasteiger partial charge >= 0.3 is 0 Å². The van der Waals surface area contributed by atoms with Crippen LogP contribution < -0.4 is 16.0 Å². The first kappa shape index (κ1) is 19.4. The quantitative estimate of drug-likeness (QED) is 0.636. The monoisotopic (exact) mass is 410 g/mol. The van der Waals surface area contributed by atoms with E-state index < -0.39 is 23.8 Å². The van der Waals surface area contributed by atoms with Crippen LogP contribution in [-0.4, -0.2) is 52.7 Å². The molecule has 4 aliphatic heterocycles. The van der Waals surface area contributed by atoms with Crippen LogP contribution in [-0.2, 0) is 16.1 Å². The van der Waals surface area contributed by atoms with Gasteiger partial charge in [0, 0.05) is 31.1 Å². The third-order valence-corrected chi connectivity index (χ3v) is 6.85. The van der Waals surface area contributed by atoms with Crippen LogP contribution in [0, 0.1) is 0 Å². The summed E-state index contributed by atoms with van der Waals surface area (Å²) in [5.41, 5.74) is 1.50. The first-order valence-corrected chi connectivity index (χ1v) is 10.8. The van der Waals surface area contributed by atoms with Gasteiger partial charge in [-0.15, -0.1) is 0 Å². The van der Waals surface area contributed by atoms with E-state index >= 15 is 0 Å². The molecule has 5 rings (SSSR count). The molecule has 8 nitrogen and oxygen atoms in total. The molecule has 30 heavy (non-hydrogen) atoms. The molecule has 158 valence electrons. The van der Waals surface area contributed by atoms with Crippen molar-refractivity contribution in [1.82, 2.24) is 20.9 Å². The van der Waals surface area contributed by atoms with Gasteiger partial charge in [-0.05, 0) is 43.7 Å². The Hall–Kier alpha value is -2.58. The third-order valence-electron chi connectivity index (χ3n) is 6.85. The smallest absolute Gasteiger partial charge is 0.262 e. The highest BCUT2D eigenvalue weighted by atomic mass is 16.2. The van der Waals surface area contributed by atoms with E-state index in [0.717, 1.165) is 23.3 Å². The number of rotatable bonds is 4. The zero-order valence-corrected chi connectivity index (χ0v) is 16.8. The Labute approximate surface area is 174 Å². The van der Waals surface area contributed by atoms with Crippen LogP contribution in [0.5, 0.6) is 0 Å². The average molecular weight is 410 g/mol.